The summed E-state index contributed by atoms with van der Waals surface area (Å²) in [5, 5.41) is 0. The van der Waals surface area contributed by atoms with Crippen LogP contribution in [0.25, 0.3) is 0 Å². The summed E-state index contributed by atoms with van der Waals surface area (Å²) in [5.41, 5.74) is -0.472. The molecule has 2 N–H and O–H groups in total. The van der Waals surface area contributed by atoms with E-state index in [-0.39, 0.29) is 6.42 Å². The number of hydrogen-bond donors (Lipinski definition) is 1. The van der Waals surface area contributed by atoms with Crippen molar-refractivity contribution in [1.82, 2.24) is 0 Å². The molecule has 0 radical (unpaired) electrons. The quantitative estimate of drug-likeness (QED) is 0.759. The summed E-state index contributed by atoms with van der Waals surface area (Å²) >= 11 is 0. The second-order valence-electron chi connectivity index (χ2n) is 5.71. The highest BCUT2D eigenvalue weighted by Gasteiger charge is 2.49. The number of hydrogen-bond acceptors (Lipinski definition) is 1. The van der Waals surface area contributed by atoms with Gasteiger partial charge in [0.05, 0.1) is 16.5 Å². The van der Waals surface area contributed by atoms with Crippen LogP contribution in [-0.2, 0) is 22.6 Å². The third-order valence-corrected chi connectivity index (χ3v) is 4.34. The Morgan fingerprint density at radius 3 is 1.31 bits per heavy atom. The van der Waals surface area contributed by atoms with Gasteiger partial charge in [0.15, 0.2) is 0 Å². The largest absolute Gasteiger partial charge is 0.416 e. The van der Waals surface area contributed by atoms with Crippen LogP contribution >= 0.6 is 0 Å². The van der Waals surface area contributed by atoms with E-state index in [1.165, 1.54) is 19.1 Å². The van der Waals surface area contributed by atoms with Crippen LogP contribution in [0.1, 0.15) is 35.6 Å². The molecule has 8 heteroatoms. The molecule has 1 amide bonds. The van der Waals surface area contributed by atoms with E-state index in [0.717, 1.165) is 36.4 Å². The minimum atomic E-state index is -4.86. The topological polar surface area (TPSA) is 43.1 Å². The van der Waals surface area contributed by atoms with Gasteiger partial charge in [-0.2, -0.15) is 26.3 Å². The summed E-state index contributed by atoms with van der Waals surface area (Å²) in [6.07, 6.45) is -10.1. The molecular formula is C18H15F6NO. The molecule has 0 aromatic heterocycles. The summed E-state index contributed by atoms with van der Waals surface area (Å²) in [5.74, 6) is -1.28. The number of alkyl halides is 6. The van der Waals surface area contributed by atoms with E-state index < -0.39 is 45.9 Å². The maximum atomic E-state index is 13.5. The van der Waals surface area contributed by atoms with E-state index in [2.05, 4.69) is 0 Å². The zero-order valence-corrected chi connectivity index (χ0v) is 13.6. The Kier molecular flexibility index (Phi) is 5.07. The molecule has 0 heterocycles. The summed E-state index contributed by atoms with van der Waals surface area (Å²) in [4.78, 5) is 12.3. The first-order valence-corrected chi connectivity index (χ1v) is 7.59. The molecule has 0 aliphatic heterocycles. The van der Waals surface area contributed by atoms with Gasteiger partial charge in [-0.05, 0) is 29.7 Å². The molecule has 0 aliphatic rings. The van der Waals surface area contributed by atoms with Crippen LogP contribution in [0.4, 0.5) is 26.3 Å². The summed E-state index contributed by atoms with van der Waals surface area (Å²) in [6.45, 7) is 1.32. The van der Waals surface area contributed by atoms with Crippen molar-refractivity contribution in [2.24, 2.45) is 5.73 Å². The predicted molar refractivity (Wildman–Crippen MR) is 83.2 cm³/mol. The van der Waals surface area contributed by atoms with Gasteiger partial charge in [-0.15, -0.1) is 0 Å². The monoisotopic (exact) mass is 375 g/mol. The second-order valence-corrected chi connectivity index (χ2v) is 5.71. The number of carbonyl (C=O) groups excluding carboxylic acids is 1. The minimum Gasteiger partial charge on any atom is -0.369 e. The van der Waals surface area contributed by atoms with Gasteiger partial charge in [-0.25, -0.2) is 0 Å². The standard InChI is InChI=1S/C18H15F6NO/c1-2-16(15(25)26,11-7-3-5-9-13(11)17(19,20)21)12-8-4-6-10-14(12)18(22,23)24/h3-10H,2H2,1H3,(H2,25,26). The lowest BCUT2D eigenvalue weighted by molar-refractivity contribution is -0.140. The minimum absolute atomic E-state index is 0.373. The lowest BCUT2D eigenvalue weighted by atomic mass is 9.68. The van der Waals surface area contributed by atoms with Gasteiger partial charge >= 0.3 is 12.4 Å². The molecule has 0 atom stereocenters. The first kappa shape index (κ1) is 19.8. The second kappa shape index (κ2) is 6.66. The third-order valence-electron chi connectivity index (χ3n) is 4.34. The van der Waals surface area contributed by atoms with Crippen LogP contribution in [-0.4, -0.2) is 5.91 Å². The van der Waals surface area contributed by atoms with E-state index >= 15 is 0 Å². The van der Waals surface area contributed by atoms with Gasteiger partial charge in [-0.1, -0.05) is 43.3 Å². The van der Waals surface area contributed by atoms with Crippen LogP contribution < -0.4 is 5.73 Å². The van der Waals surface area contributed by atoms with Gasteiger partial charge in [-0.3, -0.25) is 4.79 Å². The number of halogens is 6. The summed E-state index contributed by atoms with van der Waals surface area (Å²) in [6, 6.07) is 8.08. The number of rotatable bonds is 4. The average molecular weight is 375 g/mol. The first-order valence-electron chi connectivity index (χ1n) is 7.59. The van der Waals surface area contributed by atoms with Gasteiger partial charge in [0, 0.05) is 0 Å². The van der Waals surface area contributed by atoms with Crippen molar-refractivity contribution in [2.45, 2.75) is 31.1 Å². The molecule has 0 saturated carbocycles. The fourth-order valence-corrected chi connectivity index (χ4v) is 3.17. The highest BCUT2D eigenvalue weighted by molar-refractivity contribution is 5.91. The molecule has 0 spiro atoms. The maximum Gasteiger partial charge on any atom is 0.416 e. The van der Waals surface area contributed by atoms with Crippen molar-refractivity contribution < 1.29 is 31.1 Å². The van der Waals surface area contributed by atoms with E-state index in [4.69, 9.17) is 5.73 Å². The number of amides is 1. The molecule has 2 aromatic carbocycles. The Hall–Kier alpha value is -2.51. The Morgan fingerprint density at radius 2 is 1.08 bits per heavy atom. The van der Waals surface area contributed by atoms with Gasteiger partial charge in [0.2, 0.25) is 5.91 Å². The fraction of sp³-hybridized carbons (Fsp3) is 0.278. The Bertz CT molecular complexity index is 752. The third kappa shape index (κ3) is 3.27. The van der Waals surface area contributed by atoms with E-state index in [9.17, 15) is 31.1 Å². The maximum absolute atomic E-state index is 13.5. The van der Waals surface area contributed by atoms with Crippen LogP contribution in [0.2, 0.25) is 0 Å². The van der Waals surface area contributed by atoms with Crippen LogP contribution in [0.5, 0.6) is 0 Å². The SMILES string of the molecule is CCC(C(N)=O)(c1ccccc1C(F)(F)F)c1ccccc1C(F)(F)F. The van der Waals surface area contributed by atoms with E-state index in [0.29, 0.717) is 0 Å². The highest BCUT2D eigenvalue weighted by atomic mass is 19.4. The number of carbonyl (C=O) groups is 1. The summed E-state index contributed by atoms with van der Waals surface area (Å²) in [7, 11) is 0. The molecule has 2 rings (SSSR count). The number of primary amides is 1. The Balaban J connectivity index is 2.95. The van der Waals surface area contributed by atoms with Crippen LogP contribution in [0, 0.1) is 0 Å². The number of benzene rings is 2. The smallest absolute Gasteiger partial charge is 0.369 e. The van der Waals surface area contributed by atoms with Gasteiger partial charge in [0.1, 0.15) is 0 Å². The fourth-order valence-electron chi connectivity index (χ4n) is 3.17. The van der Waals surface area contributed by atoms with Crippen LogP contribution in [0.15, 0.2) is 48.5 Å². The van der Waals surface area contributed by atoms with Gasteiger partial charge < -0.3 is 5.73 Å². The molecule has 140 valence electrons. The molecule has 0 fully saturated rings. The lowest BCUT2D eigenvalue weighted by Crippen LogP contribution is -2.44. The van der Waals surface area contributed by atoms with Gasteiger partial charge in [0.25, 0.3) is 0 Å². The van der Waals surface area contributed by atoms with Crippen LogP contribution in [0.3, 0.4) is 0 Å². The van der Waals surface area contributed by atoms with Crippen molar-refractivity contribution >= 4 is 5.91 Å². The zero-order valence-electron chi connectivity index (χ0n) is 13.6. The number of nitrogens with two attached hydrogens (primary N) is 1. The van der Waals surface area contributed by atoms with E-state index in [1.54, 1.807) is 0 Å². The van der Waals surface area contributed by atoms with Crippen molar-refractivity contribution in [1.29, 1.82) is 0 Å². The molecule has 0 saturated heterocycles. The summed E-state index contributed by atoms with van der Waals surface area (Å²) < 4.78 is 80.7. The predicted octanol–water partition coefficient (Wildman–Crippen LogP) is 4.91. The molecule has 0 aliphatic carbocycles. The molecular weight excluding hydrogens is 360 g/mol. The zero-order chi connectivity index (χ0) is 19.8. The first-order chi connectivity index (χ1) is 12.0. The molecule has 26 heavy (non-hydrogen) atoms. The normalized spacial score (nSPS) is 12.9. The lowest BCUT2D eigenvalue weighted by Gasteiger charge is -2.34. The average Bonchev–Trinajstić information content (AvgIpc) is 2.55. The molecule has 0 bridgehead atoms. The molecule has 0 unspecified atom stereocenters. The van der Waals surface area contributed by atoms with Crippen molar-refractivity contribution in [2.75, 3.05) is 0 Å². The van der Waals surface area contributed by atoms with E-state index in [1.807, 2.05) is 0 Å². The van der Waals surface area contributed by atoms with Crippen molar-refractivity contribution in [3.63, 3.8) is 0 Å². The molecule has 2 aromatic rings. The Morgan fingerprint density at radius 1 is 0.769 bits per heavy atom. The van der Waals surface area contributed by atoms with Crippen molar-refractivity contribution in [3.05, 3.63) is 70.8 Å². The Labute approximate surface area is 145 Å². The highest BCUT2D eigenvalue weighted by Crippen LogP contribution is 2.46. The van der Waals surface area contributed by atoms with Crippen molar-refractivity contribution in [3.8, 4) is 0 Å². The molecule has 2 nitrogen and oxygen atoms in total.